The van der Waals surface area contributed by atoms with Crippen molar-refractivity contribution >= 4 is 23.6 Å². The molecule has 1 aliphatic carbocycles. The summed E-state index contributed by atoms with van der Waals surface area (Å²) in [5.74, 6) is -0.217. The van der Waals surface area contributed by atoms with Gasteiger partial charge < -0.3 is 19.4 Å². The molecule has 1 heterocycles. The van der Waals surface area contributed by atoms with Gasteiger partial charge in [0.15, 0.2) is 0 Å². The molecule has 0 radical (unpaired) electrons. The van der Waals surface area contributed by atoms with Crippen LogP contribution in [-0.2, 0) is 14.3 Å². The van der Waals surface area contributed by atoms with E-state index in [4.69, 9.17) is 4.74 Å². The number of aryl methyl sites for hydroxylation is 1. The molecule has 2 fully saturated rings. The second-order valence-corrected chi connectivity index (χ2v) is 7.45. The zero-order valence-electron chi connectivity index (χ0n) is 16.9. The number of hydrogen-bond acceptors (Lipinski definition) is 4. The standard InChI is InChI=1S/C21H29N3O4/c1-4-24(17-8-6-7-16(3)15-17)19(26)21(9-10-21)18(25)22-11-13-23(14-12-22)20(27)28-5-2/h6-8,15H,4-5,9-14H2,1-3H3. The SMILES string of the molecule is CCOC(=O)N1CCN(C(=O)C2(C(=O)N(CC)c3cccc(C)c3)CC2)CC1. The largest absolute Gasteiger partial charge is 0.450 e. The summed E-state index contributed by atoms with van der Waals surface area (Å²) in [6, 6.07) is 7.80. The molecule has 2 aliphatic rings. The molecule has 7 heteroatoms. The first kappa shape index (κ1) is 20.2. The minimum absolute atomic E-state index is 0.105. The van der Waals surface area contributed by atoms with Gasteiger partial charge in [-0.25, -0.2) is 4.79 Å². The van der Waals surface area contributed by atoms with Gasteiger partial charge in [0.1, 0.15) is 5.41 Å². The number of anilines is 1. The molecular formula is C21H29N3O4. The molecule has 1 aromatic rings. The van der Waals surface area contributed by atoms with E-state index in [2.05, 4.69) is 0 Å². The Morgan fingerprint density at radius 2 is 1.71 bits per heavy atom. The van der Waals surface area contributed by atoms with Gasteiger partial charge in [0.25, 0.3) is 0 Å². The third-order valence-corrected chi connectivity index (χ3v) is 5.54. The summed E-state index contributed by atoms with van der Waals surface area (Å²) in [5, 5.41) is 0. The Morgan fingerprint density at radius 3 is 2.25 bits per heavy atom. The molecule has 0 N–H and O–H groups in total. The first-order chi connectivity index (χ1) is 13.4. The van der Waals surface area contributed by atoms with E-state index in [9.17, 15) is 14.4 Å². The van der Waals surface area contributed by atoms with E-state index in [-0.39, 0.29) is 17.9 Å². The van der Waals surface area contributed by atoms with E-state index in [1.54, 1.807) is 21.6 Å². The van der Waals surface area contributed by atoms with Crippen LogP contribution in [0.1, 0.15) is 32.3 Å². The molecule has 3 rings (SSSR count). The van der Waals surface area contributed by atoms with Gasteiger partial charge in [-0.3, -0.25) is 9.59 Å². The highest BCUT2D eigenvalue weighted by Crippen LogP contribution is 2.49. The Balaban J connectivity index is 1.68. The predicted octanol–water partition coefficient (Wildman–Crippen LogP) is 2.43. The van der Waals surface area contributed by atoms with Gasteiger partial charge in [0, 0.05) is 38.4 Å². The third kappa shape index (κ3) is 3.84. The molecule has 0 bridgehead atoms. The summed E-state index contributed by atoms with van der Waals surface area (Å²) in [4.78, 5) is 43.4. The zero-order valence-corrected chi connectivity index (χ0v) is 16.9. The average Bonchev–Trinajstić information content (AvgIpc) is 3.50. The van der Waals surface area contributed by atoms with E-state index in [0.29, 0.717) is 52.2 Å². The lowest BCUT2D eigenvalue weighted by Gasteiger charge is -2.36. The van der Waals surface area contributed by atoms with E-state index < -0.39 is 5.41 Å². The lowest BCUT2D eigenvalue weighted by molar-refractivity contribution is -0.144. The van der Waals surface area contributed by atoms with E-state index in [1.807, 2.05) is 38.1 Å². The van der Waals surface area contributed by atoms with Crippen LogP contribution in [0.15, 0.2) is 24.3 Å². The van der Waals surface area contributed by atoms with Crippen LogP contribution < -0.4 is 4.90 Å². The van der Waals surface area contributed by atoms with Crippen molar-refractivity contribution in [2.45, 2.75) is 33.6 Å². The monoisotopic (exact) mass is 387 g/mol. The van der Waals surface area contributed by atoms with Gasteiger partial charge in [0.2, 0.25) is 11.8 Å². The van der Waals surface area contributed by atoms with Gasteiger partial charge in [-0.1, -0.05) is 12.1 Å². The molecule has 0 spiro atoms. The van der Waals surface area contributed by atoms with Gasteiger partial charge in [-0.15, -0.1) is 0 Å². The van der Waals surface area contributed by atoms with Crippen molar-refractivity contribution in [1.82, 2.24) is 9.80 Å². The molecular weight excluding hydrogens is 358 g/mol. The van der Waals surface area contributed by atoms with Gasteiger partial charge in [0.05, 0.1) is 6.61 Å². The number of carbonyl (C=O) groups excluding carboxylic acids is 3. The van der Waals surface area contributed by atoms with Crippen molar-refractivity contribution in [3.63, 3.8) is 0 Å². The molecule has 28 heavy (non-hydrogen) atoms. The number of benzene rings is 1. The molecule has 1 saturated carbocycles. The van der Waals surface area contributed by atoms with Crippen LogP contribution in [0.4, 0.5) is 10.5 Å². The van der Waals surface area contributed by atoms with Gasteiger partial charge >= 0.3 is 6.09 Å². The Hall–Kier alpha value is -2.57. The Labute approximate surface area is 166 Å². The van der Waals surface area contributed by atoms with Crippen LogP contribution in [0.2, 0.25) is 0 Å². The predicted molar refractivity (Wildman–Crippen MR) is 106 cm³/mol. The number of ether oxygens (including phenoxy) is 1. The maximum absolute atomic E-state index is 13.3. The van der Waals surface area contributed by atoms with Crippen LogP contribution >= 0.6 is 0 Å². The van der Waals surface area contributed by atoms with Gasteiger partial charge in [-0.05, 0) is 51.3 Å². The molecule has 0 unspecified atom stereocenters. The number of carbonyl (C=O) groups is 3. The van der Waals surface area contributed by atoms with E-state index in [0.717, 1.165) is 11.3 Å². The minimum atomic E-state index is -0.939. The van der Waals surface area contributed by atoms with Crippen LogP contribution in [-0.4, -0.2) is 67.0 Å². The zero-order chi connectivity index (χ0) is 20.3. The Kier molecular flexibility index (Phi) is 5.91. The van der Waals surface area contributed by atoms with Crippen molar-refractivity contribution in [3.8, 4) is 0 Å². The number of nitrogens with zero attached hydrogens (tertiary/aromatic N) is 3. The highest BCUT2D eigenvalue weighted by atomic mass is 16.6. The fourth-order valence-electron chi connectivity index (χ4n) is 3.75. The summed E-state index contributed by atoms with van der Waals surface area (Å²) in [7, 11) is 0. The molecule has 0 atom stereocenters. The fourth-order valence-corrected chi connectivity index (χ4v) is 3.75. The first-order valence-corrected chi connectivity index (χ1v) is 10.0. The smallest absolute Gasteiger partial charge is 0.409 e. The summed E-state index contributed by atoms with van der Waals surface area (Å²) in [5.41, 5.74) is 0.972. The van der Waals surface area contributed by atoms with Crippen molar-refractivity contribution in [2.24, 2.45) is 5.41 Å². The van der Waals surface area contributed by atoms with Crippen LogP contribution in [0.25, 0.3) is 0 Å². The summed E-state index contributed by atoms with van der Waals surface area (Å²) in [6.07, 6.45) is 0.833. The minimum Gasteiger partial charge on any atom is -0.450 e. The van der Waals surface area contributed by atoms with Crippen LogP contribution in [0.3, 0.4) is 0 Å². The second kappa shape index (κ2) is 8.20. The maximum Gasteiger partial charge on any atom is 0.409 e. The Bertz CT molecular complexity index is 752. The van der Waals surface area contributed by atoms with Crippen molar-refractivity contribution in [3.05, 3.63) is 29.8 Å². The average molecular weight is 387 g/mol. The number of hydrogen-bond donors (Lipinski definition) is 0. The quantitative estimate of drug-likeness (QED) is 0.728. The normalized spacial score (nSPS) is 17.8. The molecule has 152 valence electrons. The molecule has 7 nitrogen and oxygen atoms in total. The third-order valence-electron chi connectivity index (χ3n) is 5.54. The maximum atomic E-state index is 13.3. The molecule has 1 saturated heterocycles. The molecule has 0 aromatic heterocycles. The molecule has 3 amide bonds. The highest BCUT2D eigenvalue weighted by molar-refractivity contribution is 6.14. The van der Waals surface area contributed by atoms with Gasteiger partial charge in [-0.2, -0.15) is 0 Å². The molecule has 1 aliphatic heterocycles. The lowest BCUT2D eigenvalue weighted by Crippen LogP contribution is -2.54. The number of piperazine rings is 1. The number of rotatable bonds is 5. The van der Waals surface area contributed by atoms with E-state index in [1.165, 1.54) is 0 Å². The van der Waals surface area contributed by atoms with Crippen molar-refractivity contribution in [2.75, 3.05) is 44.2 Å². The topological polar surface area (TPSA) is 70.2 Å². The first-order valence-electron chi connectivity index (χ1n) is 10.0. The van der Waals surface area contributed by atoms with Crippen LogP contribution in [0, 0.1) is 12.3 Å². The number of amides is 3. The lowest BCUT2D eigenvalue weighted by atomic mass is 10.0. The van der Waals surface area contributed by atoms with E-state index >= 15 is 0 Å². The van der Waals surface area contributed by atoms with Crippen molar-refractivity contribution in [1.29, 1.82) is 0 Å². The molecule has 1 aromatic carbocycles. The Morgan fingerprint density at radius 1 is 1.07 bits per heavy atom. The summed E-state index contributed by atoms with van der Waals surface area (Å²) in [6.45, 7) is 8.28. The van der Waals surface area contributed by atoms with Crippen molar-refractivity contribution < 1.29 is 19.1 Å². The summed E-state index contributed by atoms with van der Waals surface area (Å²) >= 11 is 0. The van der Waals surface area contributed by atoms with Crippen LogP contribution in [0.5, 0.6) is 0 Å². The second-order valence-electron chi connectivity index (χ2n) is 7.45. The fraction of sp³-hybridized carbons (Fsp3) is 0.571. The highest BCUT2D eigenvalue weighted by Gasteiger charge is 2.59. The summed E-state index contributed by atoms with van der Waals surface area (Å²) < 4.78 is 5.02.